The van der Waals surface area contributed by atoms with E-state index in [0.29, 0.717) is 0 Å². The lowest BCUT2D eigenvalue weighted by atomic mass is 10.1. The maximum Gasteiger partial charge on any atom is 0.315 e. The van der Waals surface area contributed by atoms with Gasteiger partial charge in [0.05, 0.1) is 12.7 Å². The number of aromatic nitrogens is 2. The first-order valence-electron chi connectivity index (χ1n) is 5.68. The highest BCUT2D eigenvalue weighted by Gasteiger charge is 2.20. The van der Waals surface area contributed by atoms with Crippen LogP contribution in [0.5, 0.6) is 0 Å². The van der Waals surface area contributed by atoms with Crippen LogP contribution in [-0.4, -0.2) is 35.3 Å². The van der Waals surface area contributed by atoms with Crippen LogP contribution < -0.4 is 0 Å². The average Bonchev–Trinajstić information content (AvgIpc) is 2.95. The molecular formula is C12H10F3N3O3. The maximum absolute atomic E-state index is 13.9. The van der Waals surface area contributed by atoms with E-state index in [9.17, 15) is 18.0 Å². The first kappa shape index (κ1) is 15.0. The number of amides is 1. The minimum atomic E-state index is -2.91. The Morgan fingerprint density at radius 1 is 1.43 bits per heavy atom. The second-order valence-corrected chi connectivity index (χ2v) is 3.94. The van der Waals surface area contributed by atoms with Gasteiger partial charge in [-0.1, -0.05) is 11.2 Å². The number of benzene rings is 1. The quantitative estimate of drug-likeness (QED) is 0.811. The number of halogens is 3. The number of carbonyl (C=O) groups is 1. The van der Waals surface area contributed by atoms with Gasteiger partial charge in [0.15, 0.2) is 0 Å². The number of alkyl halides is 2. The number of hydroxylamine groups is 2. The van der Waals surface area contributed by atoms with Crippen LogP contribution in [0.2, 0.25) is 0 Å². The van der Waals surface area contributed by atoms with Gasteiger partial charge in [-0.3, -0.25) is 9.63 Å². The standard InChI is InChI=1S/C12H10F3N3O3/c1-18(20-2)12(19)7-4-3-6(5-8(7)13)10-16-11(9(14)15)21-17-10/h3-5,9H,1-2H3. The predicted molar refractivity (Wildman–Crippen MR) is 63.8 cm³/mol. The smallest absolute Gasteiger partial charge is 0.315 e. The molecule has 0 N–H and O–H groups in total. The van der Waals surface area contributed by atoms with Gasteiger partial charge in [-0.25, -0.2) is 9.45 Å². The monoisotopic (exact) mass is 301 g/mol. The zero-order chi connectivity index (χ0) is 15.6. The lowest BCUT2D eigenvalue weighted by Crippen LogP contribution is -2.26. The zero-order valence-electron chi connectivity index (χ0n) is 11.0. The van der Waals surface area contributed by atoms with Crippen molar-refractivity contribution in [3.05, 3.63) is 35.5 Å². The van der Waals surface area contributed by atoms with E-state index in [-0.39, 0.29) is 17.0 Å². The molecule has 6 nitrogen and oxygen atoms in total. The van der Waals surface area contributed by atoms with Gasteiger partial charge in [-0.15, -0.1) is 0 Å². The highest BCUT2D eigenvalue weighted by molar-refractivity contribution is 5.94. The minimum Gasteiger partial charge on any atom is -0.333 e. The molecule has 1 aromatic heterocycles. The number of carbonyl (C=O) groups excluding carboxylic acids is 1. The summed E-state index contributed by atoms with van der Waals surface area (Å²) in [6, 6.07) is 3.46. The fourth-order valence-electron chi connectivity index (χ4n) is 1.52. The highest BCUT2D eigenvalue weighted by Crippen LogP contribution is 2.23. The molecule has 1 aromatic carbocycles. The van der Waals surface area contributed by atoms with Crippen LogP contribution >= 0.6 is 0 Å². The third-order valence-electron chi connectivity index (χ3n) is 2.65. The molecule has 0 aliphatic rings. The molecule has 0 radical (unpaired) electrons. The van der Waals surface area contributed by atoms with Crippen molar-refractivity contribution >= 4 is 5.91 Å². The Kier molecular flexibility index (Phi) is 4.22. The maximum atomic E-state index is 13.9. The van der Waals surface area contributed by atoms with Crippen molar-refractivity contribution in [1.29, 1.82) is 0 Å². The minimum absolute atomic E-state index is 0.111. The molecule has 0 atom stereocenters. The van der Waals surface area contributed by atoms with Crippen LogP contribution in [-0.2, 0) is 4.84 Å². The Labute approximate surface area is 117 Å². The number of hydrogen-bond donors (Lipinski definition) is 0. The summed E-state index contributed by atoms with van der Waals surface area (Å²) in [5.41, 5.74) is -0.125. The summed E-state index contributed by atoms with van der Waals surface area (Å²) in [5.74, 6) is -2.60. The first-order valence-corrected chi connectivity index (χ1v) is 5.68. The molecular weight excluding hydrogens is 291 g/mol. The van der Waals surface area contributed by atoms with E-state index in [1.54, 1.807) is 0 Å². The Hall–Kier alpha value is -2.42. The third-order valence-corrected chi connectivity index (χ3v) is 2.65. The molecule has 21 heavy (non-hydrogen) atoms. The van der Waals surface area contributed by atoms with Crippen LogP contribution in [0.1, 0.15) is 22.7 Å². The van der Waals surface area contributed by atoms with Gasteiger partial charge < -0.3 is 4.52 Å². The lowest BCUT2D eigenvalue weighted by Gasteiger charge is -2.14. The Morgan fingerprint density at radius 3 is 2.67 bits per heavy atom. The predicted octanol–water partition coefficient (Wildman–Crippen LogP) is 2.45. The molecule has 112 valence electrons. The van der Waals surface area contributed by atoms with Gasteiger partial charge in [0, 0.05) is 12.6 Å². The van der Waals surface area contributed by atoms with Gasteiger partial charge in [0.1, 0.15) is 5.82 Å². The van der Waals surface area contributed by atoms with Crippen molar-refractivity contribution in [3.8, 4) is 11.4 Å². The van der Waals surface area contributed by atoms with Gasteiger partial charge >= 0.3 is 6.43 Å². The second kappa shape index (κ2) is 5.92. The van der Waals surface area contributed by atoms with Crippen LogP contribution in [0, 0.1) is 5.82 Å². The number of nitrogens with zero attached hydrogens (tertiary/aromatic N) is 3. The molecule has 0 aliphatic carbocycles. The summed E-state index contributed by atoms with van der Waals surface area (Å²) in [4.78, 5) is 19.8. The van der Waals surface area contributed by atoms with Crippen molar-refractivity contribution in [2.45, 2.75) is 6.43 Å². The molecule has 1 heterocycles. The molecule has 0 aliphatic heterocycles. The largest absolute Gasteiger partial charge is 0.333 e. The summed E-state index contributed by atoms with van der Waals surface area (Å²) in [7, 11) is 2.58. The van der Waals surface area contributed by atoms with E-state index in [1.165, 1.54) is 26.3 Å². The van der Waals surface area contributed by atoms with E-state index < -0.39 is 24.0 Å². The van der Waals surface area contributed by atoms with Gasteiger partial charge in [-0.2, -0.15) is 13.8 Å². The second-order valence-electron chi connectivity index (χ2n) is 3.94. The third kappa shape index (κ3) is 3.02. The van der Waals surface area contributed by atoms with Gasteiger partial charge in [0.2, 0.25) is 5.82 Å². The number of hydrogen-bond acceptors (Lipinski definition) is 5. The van der Waals surface area contributed by atoms with Crippen molar-refractivity contribution in [2.75, 3.05) is 14.2 Å². The SMILES string of the molecule is CON(C)C(=O)c1ccc(-c2noc(C(F)F)n2)cc1F. The van der Waals surface area contributed by atoms with Gasteiger partial charge in [-0.05, 0) is 12.1 Å². The van der Waals surface area contributed by atoms with E-state index in [0.717, 1.165) is 11.1 Å². The molecule has 0 bridgehead atoms. The Morgan fingerprint density at radius 2 is 2.14 bits per heavy atom. The molecule has 0 saturated heterocycles. The van der Waals surface area contributed by atoms with E-state index in [4.69, 9.17) is 0 Å². The molecule has 0 unspecified atom stereocenters. The first-order chi connectivity index (χ1) is 9.93. The van der Waals surface area contributed by atoms with Crippen molar-refractivity contribution in [1.82, 2.24) is 15.2 Å². The van der Waals surface area contributed by atoms with E-state index >= 15 is 0 Å². The molecule has 2 rings (SSSR count). The summed E-state index contributed by atoms with van der Waals surface area (Å²) in [6.07, 6.45) is -2.91. The van der Waals surface area contributed by atoms with Crippen molar-refractivity contribution < 1.29 is 27.3 Å². The summed E-state index contributed by atoms with van der Waals surface area (Å²) in [5, 5.41) is 4.17. The fraction of sp³-hybridized carbons (Fsp3) is 0.250. The van der Waals surface area contributed by atoms with Crippen LogP contribution in [0.25, 0.3) is 11.4 Å². The molecule has 9 heteroatoms. The summed E-state index contributed by atoms with van der Waals surface area (Å²) < 4.78 is 42.9. The Bertz CT molecular complexity index is 660. The van der Waals surface area contributed by atoms with E-state index in [1.807, 2.05) is 0 Å². The van der Waals surface area contributed by atoms with Gasteiger partial charge in [0.25, 0.3) is 11.8 Å². The summed E-state index contributed by atoms with van der Waals surface area (Å²) in [6.45, 7) is 0. The average molecular weight is 301 g/mol. The van der Waals surface area contributed by atoms with Crippen LogP contribution in [0.15, 0.2) is 22.7 Å². The topological polar surface area (TPSA) is 68.5 Å². The Balaban J connectivity index is 2.32. The molecule has 2 aromatic rings. The van der Waals surface area contributed by atoms with Crippen LogP contribution in [0.3, 0.4) is 0 Å². The highest BCUT2D eigenvalue weighted by atomic mass is 19.3. The van der Waals surface area contributed by atoms with Crippen molar-refractivity contribution in [3.63, 3.8) is 0 Å². The van der Waals surface area contributed by atoms with Crippen LogP contribution in [0.4, 0.5) is 13.2 Å². The molecule has 0 fully saturated rings. The van der Waals surface area contributed by atoms with Crippen molar-refractivity contribution in [2.24, 2.45) is 0 Å². The van der Waals surface area contributed by atoms with E-state index in [2.05, 4.69) is 19.5 Å². The normalized spacial score (nSPS) is 11.0. The fourth-order valence-corrected chi connectivity index (χ4v) is 1.52. The molecule has 0 spiro atoms. The molecule has 1 amide bonds. The molecule has 0 saturated carbocycles. The lowest BCUT2D eigenvalue weighted by molar-refractivity contribution is -0.0759. The number of rotatable bonds is 4. The zero-order valence-corrected chi connectivity index (χ0v) is 11.0. The summed E-state index contributed by atoms with van der Waals surface area (Å²) >= 11 is 0.